The molecular weight excluding hydrogens is 158 g/mol. The maximum atomic E-state index is 5.92. The van der Waals surface area contributed by atoms with Crippen LogP contribution in [-0.2, 0) is 0 Å². The Kier molecular flexibility index (Phi) is 4.64. The Balaban J connectivity index is 2.39. The molecular formula is C12H19N. The van der Waals surface area contributed by atoms with Gasteiger partial charge in [0.15, 0.2) is 0 Å². The van der Waals surface area contributed by atoms with Crippen molar-refractivity contribution in [2.24, 2.45) is 5.73 Å². The van der Waals surface area contributed by atoms with Crippen molar-refractivity contribution < 1.29 is 0 Å². The topological polar surface area (TPSA) is 26.0 Å². The van der Waals surface area contributed by atoms with E-state index in [2.05, 4.69) is 17.9 Å². The summed E-state index contributed by atoms with van der Waals surface area (Å²) >= 11 is 0. The minimum atomic E-state index is 0.298. The third-order valence-electron chi connectivity index (χ3n) is 2.48. The van der Waals surface area contributed by atoms with Crippen molar-refractivity contribution in [1.29, 1.82) is 0 Å². The van der Waals surface area contributed by atoms with Crippen LogP contribution in [0.1, 0.15) is 45.4 Å². The zero-order chi connectivity index (χ0) is 9.52. The molecule has 0 aromatic carbocycles. The molecule has 0 spiro atoms. The van der Waals surface area contributed by atoms with E-state index in [0.717, 1.165) is 19.3 Å². The SMILES string of the molecule is CC#CCCC1=CC(N)CCCC1. The van der Waals surface area contributed by atoms with E-state index in [1.165, 1.54) is 24.8 Å². The molecule has 0 saturated heterocycles. The highest BCUT2D eigenvalue weighted by Gasteiger charge is 2.07. The molecule has 1 heteroatoms. The average Bonchev–Trinajstić information content (AvgIpc) is 2.31. The molecule has 1 nitrogen and oxygen atoms in total. The summed E-state index contributed by atoms with van der Waals surface area (Å²) in [5, 5.41) is 0. The fraction of sp³-hybridized carbons (Fsp3) is 0.667. The predicted octanol–water partition coefficient (Wildman–Crippen LogP) is 2.62. The van der Waals surface area contributed by atoms with Crippen LogP contribution in [0, 0.1) is 11.8 Å². The van der Waals surface area contributed by atoms with Crippen LogP contribution in [0.4, 0.5) is 0 Å². The third-order valence-corrected chi connectivity index (χ3v) is 2.48. The lowest BCUT2D eigenvalue weighted by molar-refractivity contribution is 0.653. The van der Waals surface area contributed by atoms with Gasteiger partial charge in [-0.1, -0.05) is 18.1 Å². The highest BCUT2D eigenvalue weighted by molar-refractivity contribution is 5.10. The van der Waals surface area contributed by atoms with Gasteiger partial charge < -0.3 is 5.73 Å². The van der Waals surface area contributed by atoms with Gasteiger partial charge in [-0.15, -0.1) is 11.8 Å². The maximum absolute atomic E-state index is 5.92. The van der Waals surface area contributed by atoms with E-state index in [9.17, 15) is 0 Å². The first kappa shape index (κ1) is 10.3. The maximum Gasteiger partial charge on any atom is 0.0226 e. The number of allylic oxidation sites excluding steroid dienone is 1. The Labute approximate surface area is 81.4 Å². The lowest BCUT2D eigenvalue weighted by Gasteiger charge is -2.03. The zero-order valence-electron chi connectivity index (χ0n) is 8.47. The van der Waals surface area contributed by atoms with Crippen molar-refractivity contribution in [2.75, 3.05) is 0 Å². The lowest BCUT2D eigenvalue weighted by Crippen LogP contribution is -2.15. The van der Waals surface area contributed by atoms with Crippen LogP contribution in [0.15, 0.2) is 11.6 Å². The average molecular weight is 177 g/mol. The third kappa shape index (κ3) is 4.15. The van der Waals surface area contributed by atoms with Gasteiger partial charge in [0.05, 0.1) is 0 Å². The number of nitrogens with two attached hydrogens (primary N) is 1. The summed E-state index contributed by atoms with van der Waals surface area (Å²) in [5.74, 6) is 6.02. The molecule has 1 aliphatic carbocycles. The van der Waals surface area contributed by atoms with Gasteiger partial charge in [-0.25, -0.2) is 0 Å². The van der Waals surface area contributed by atoms with Gasteiger partial charge in [-0.3, -0.25) is 0 Å². The van der Waals surface area contributed by atoms with Crippen LogP contribution >= 0.6 is 0 Å². The van der Waals surface area contributed by atoms with Gasteiger partial charge in [0.1, 0.15) is 0 Å². The summed E-state index contributed by atoms with van der Waals surface area (Å²) in [6, 6.07) is 0.298. The standard InChI is InChI=1S/C12H19N/c1-2-3-4-7-11-8-5-6-9-12(13)10-11/h10,12H,4-9,13H2,1H3. The summed E-state index contributed by atoms with van der Waals surface area (Å²) in [5.41, 5.74) is 7.44. The molecule has 1 aliphatic rings. The molecule has 1 atom stereocenters. The van der Waals surface area contributed by atoms with Gasteiger partial charge in [0.25, 0.3) is 0 Å². The predicted molar refractivity (Wildman–Crippen MR) is 57.2 cm³/mol. The van der Waals surface area contributed by atoms with E-state index in [0.29, 0.717) is 6.04 Å². The van der Waals surface area contributed by atoms with Gasteiger partial charge in [-0.05, 0) is 32.6 Å². The fourth-order valence-electron chi connectivity index (χ4n) is 1.76. The van der Waals surface area contributed by atoms with E-state index in [4.69, 9.17) is 5.73 Å². The van der Waals surface area contributed by atoms with Crippen LogP contribution in [-0.4, -0.2) is 6.04 Å². The monoisotopic (exact) mass is 177 g/mol. The second-order valence-electron chi connectivity index (χ2n) is 3.66. The van der Waals surface area contributed by atoms with Crippen LogP contribution in [0.2, 0.25) is 0 Å². The summed E-state index contributed by atoms with van der Waals surface area (Å²) in [6.45, 7) is 1.90. The van der Waals surface area contributed by atoms with Crippen molar-refractivity contribution in [3.05, 3.63) is 11.6 Å². The van der Waals surface area contributed by atoms with Crippen LogP contribution in [0.3, 0.4) is 0 Å². The molecule has 72 valence electrons. The Bertz CT molecular complexity index is 229. The van der Waals surface area contributed by atoms with Gasteiger partial charge in [0, 0.05) is 12.5 Å². The molecule has 0 radical (unpaired) electrons. The normalized spacial score (nSPS) is 22.6. The Morgan fingerprint density at radius 3 is 3.15 bits per heavy atom. The van der Waals surface area contributed by atoms with Gasteiger partial charge in [-0.2, -0.15) is 0 Å². The van der Waals surface area contributed by atoms with Crippen molar-refractivity contribution >= 4 is 0 Å². The Morgan fingerprint density at radius 1 is 1.54 bits per heavy atom. The molecule has 0 aromatic heterocycles. The smallest absolute Gasteiger partial charge is 0.0226 e. The fourth-order valence-corrected chi connectivity index (χ4v) is 1.76. The lowest BCUT2D eigenvalue weighted by atomic mass is 10.1. The summed E-state index contributed by atoms with van der Waals surface area (Å²) in [4.78, 5) is 0. The number of hydrogen-bond acceptors (Lipinski definition) is 1. The number of rotatable bonds is 2. The van der Waals surface area contributed by atoms with E-state index in [1.807, 2.05) is 6.92 Å². The molecule has 0 amide bonds. The molecule has 0 fully saturated rings. The molecule has 0 aromatic rings. The van der Waals surface area contributed by atoms with Crippen LogP contribution in [0.5, 0.6) is 0 Å². The highest BCUT2D eigenvalue weighted by Crippen LogP contribution is 2.19. The van der Waals surface area contributed by atoms with Crippen molar-refractivity contribution in [1.82, 2.24) is 0 Å². The first-order valence-corrected chi connectivity index (χ1v) is 5.17. The van der Waals surface area contributed by atoms with E-state index < -0.39 is 0 Å². The van der Waals surface area contributed by atoms with Crippen LogP contribution < -0.4 is 5.73 Å². The largest absolute Gasteiger partial charge is 0.324 e. The first-order chi connectivity index (χ1) is 6.33. The second-order valence-corrected chi connectivity index (χ2v) is 3.66. The van der Waals surface area contributed by atoms with Crippen molar-refractivity contribution in [3.63, 3.8) is 0 Å². The van der Waals surface area contributed by atoms with E-state index in [-0.39, 0.29) is 0 Å². The molecule has 1 unspecified atom stereocenters. The van der Waals surface area contributed by atoms with E-state index in [1.54, 1.807) is 0 Å². The molecule has 0 heterocycles. The Morgan fingerprint density at radius 2 is 2.38 bits per heavy atom. The Hall–Kier alpha value is -0.740. The van der Waals surface area contributed by atoms with Gasteiger partial charge >= 0.3 is 0 Å². The molecule has 1 rings (SSSR count). The van der Waals surface area contributed by atoms with Crippen molar-refractivity contribution in [3.8, 4) is 11.8 Å². The molecule has 13 heavy (non-hydrogen) atoms. The quantitative estimate of drug-likeness (QED) is 0.509. The first-order valence-electron chi connectivity index (χ1n) is 5.17. The van der Waals surface area contributed by atoms with E-state index >= 15 is 0 Å². The van der Waals surface area contributed by atoms with Crippen LogP contribution in [0.25, 0.3) is 0 Å². The number of hydrogen-bond donors (Lipinski definition) is 1. The second kappa shape index (κ2) is 5.83. The molecule has 2 N–H and O–H groups in total. The minimum Gasteiger partial charge on any atom is -0.324 e. The summed E-state index contributed by atoms with van der Waals surface area (Å²) in [6.07, 6.45) is 9.34. The minimum absolute atomic E-state index is 0.298. The van der Waals surface area contributed by atoms with Crippen molar-refractivity contribution in [2.45, 2.75) is 51.5 Å². The summed E-state index contributed by atoms with van der Waals surface area (Å²) < 4.78 is 0. The molecule has 0 aliphatic heterocycles. The highest BCUT2D eigenvalue weighted by atomic mass is 14.6. The molecule has 0 saturated carbocycles. The van der Waals surface area contributed by atoms with Gasteiger partial charge in [0.2, 0.25) is 0 Å². The molecule has 0 bridgehead atoms. The summed E-state index contributed by atoms with van der Waals surface area (Å²) in [7, 11) is 0. The zero-order valence-corrected chi connectivity index (χ0v) is 8.47.